The molecule has 1 aliphatic heterocycles. The summed E-state index contributed by atoms with van der Waals surface area (Å²) in [6, 6.07) is 10.7. The molecule has 1 aromatic carbocycles. The van der Waals surface area contributed by atoms with Crippen LogP contribution in [0.15, 0.2) is 46.9 Å². The number of rotatable bonds is 4. The number of pyridine rings is 1. The molecule has 0 saturated carbocycles. The minimum absolute atomic E-state index is 0.199. The highest BCUT2D eigenvalue weighted by Crippen LogP contribution is 2.38. The van der Waals surface area contributed by atoms with E-state index in [0.29, 0.717) is 17.2 Å². The molecular weight excluding hydrogens is 398 g/mol. The van der Waals surface area contributed by atoms with Crippen LogP contribution in [0.1, 0.15) is 40.6 Å². The largest absolute Gasteiger partial charge is 0.481 e. The second-order valence-corrected chi connectivity index (χ2v) is 7.89. The number of carbonyl (C=O) groups excluding carboxylic acids is 1. The van der Waals surface area contributed by atoms with Crippen LogP contribution in [-0.4, -0.2) is 28.8 Å². The number of methoxy groups -OCH3 is 1. The van der Waals surface area contributed by atoms with Crippen LogP contribution in [0.2, 0.25) is 0 Å². The number of hydrogen-bond donors (Lipinski definition) is 1. The van der Waals surface area contributed by atoms with Gasteiger partial charge in [0.25, 0.3) is 0 Å². The second-order valence-electron chi connectivity index (χ2n) is 7.00. The Hall–Kier alpha value is -3.57. The van der Waals surface area contributed by atoms with Gasteiger partial charge in [0.15, 0.2) is 0 Å². The third-order valence-corrected chi connectivity index (χ3v) is 6.02. The van der Waals surface area contributed by atoms with Gasteiger partial charge < -0.3 is 10.1 Å². The summed E-state index contributed by atoms with van der Waals surface area (Å²) in [5.41, 5.74) is 4.99. The van der Waals surface area contributed by atoms with E-state index in [-0.39, 0.29) is 18.0 Å². The molecule has 8 heteroatoms. The number of thiazole rings is 1. The first-order chi connectivity index (χ1) is 14.5. The number of amides is 2. The number of carbonyl (C=O) groups is 1. The fourth-order valence-electron chi connectivity index (χ4n) is 3.59. The number of nitrogens with one attached hydrogen (secondary N) is 1. The van der Waals surface area contributed by atoms with E-state index in [9.17, 15) is 4.79 Å². The van der Waals surface area contributed by atoms with Crippen LogP contribution >= 0.6 is 11.3 Å². The van der Waals surface area contributed by atoms with E-state index in [2.05, 4.69) is 21.4 Å². The van der Waals surface area contributed by atoms with Gasteiger partial charge in [0, 0.05) is 28.9 Å². The van der Waals surface area contributed by atoms with Crippen molar-refractivity contribution in [2.45, 2.75) is 25.8 Å². The lowest BCUT2D eigenvalue weighted by molar-refractivity contribution is 0.243. The monoisotopic (exact) mass is 417 g/mol. The van der Waals surface area contributed by atoms with Gasteiger partial charge in [-0.3, -0.25) is 0 Å². The summed E-state index contributed by atoms with van der Waals surface area (Å²) in [5, 5.41) is 14.9. The zero-order valence-corrected chi connectivity index (χ0v) is 17.5. The summed E-state index contributed by atoms with van der Waals surface area (Å²) in [6.45, 7) is 3.82. The Kier molecular flexibility index (Phi) is 5.29. The van der Waals surface area contributed by atoms with Crippen LogP contribution in [0, 0.1) is 18.3 Å². The zero-order chi connectivity index (χ0) is 21.3. The van der Waals surface area contributed by atoms with Crippen molar-refractivity contribution in [1.82, 2.24) is 15.3 Å². The van der Waals surface area contributed by atoms with Gasteiger partial charge in [-0.15, -0.1) is 11.3 Å². The number of ether oxygens (including phenoxy) is 1. The van der Waals surface area contributed by atoms with Gasteiger partial charge >= 0.3 is 6.03 Å². The molecule has 30 heavy (non-hydrogen) atoms. The highest BCUT2D eigenvalue weighted by atomic mass is 32.1. The van der Waals surface area contributed by atoms with Crippen molar-refractivity contribution in [2.75, 3.05) is 7.11 Å². The van der Waals surface area contributed by atoms with Gasteiger partial charge in [-0.2, -0.15) is 5.26 Å². The van der Waals surface area contributed by atoms with Crippen molar-refractivity contribution in [3.8, 4) is 23.2 Å². The molecule has 0 radical (unpaired) electrons. The van der Waals surface area contributed by atoms with Crippen molar-refractivity contribution < 1.29 is 9.53 Å². The summed E-state index contributed by atoms with van der Waals surface area (Å²) < 4.78 is 5.14. The van der Waals surface area contributed by atoms with E-state index in [1.807, 2.05) is 37.4 Å². The van der Waals surface area contributed by atoms with E-state index in [4.69, 9.17) is 15.0 Å². The summed E-state index contributed by atoms with van der Waals surface area (Å²) in [6.07, 6.45) is 1.70. The summed E-state index contributed by atoms with van der Waals surface area (Å²) in [7, 11) is 1.56. The van der Waals surface area contributed by atoms with Crippen LogP contribution in [0.25, 0.3) is 11.3 Å². The Morgan fingerprint density at radius 2 is 2.07 bits per heavy atom. The maximum Gasteiger partial charge on any atom is 0.341 e. The lowest BCUT2D eigenvalue weighted by Crippen LogP contribution is -2.38. The first-order valence-corrected chi connectivity index (χ1v) is 10.2. The second kappa shape index (κ2) is 8.05. The third kappa shape index (κ3) is 3.67. The maximum atomic E-state index is 12.1. The van der Waals surface area contributed by atoms with Gasteiger partial charge in [0.05, 0.1) is 36.4 Å². The highest BCUT2D eigenvalue weighted by molar-refractivity contribution is 7.10. The lowest BCUT2D eigenvalue weighted by atomic mass is 9.89. The Balaban J connectivity index is 1.72. The highest BCUT2D eigenvalue weighted by Gasteiger charge is 2.35. The molecule has 3 aromatic rings. The number of benzene rings is 1. The Labute approximate surface area is 178 Å². The molecular formula is C22H19N5O2S. The predicted molar refractivity (Wildman–Crippen MR) is 115 cm³/mol. The molecule has 0 fully saturated rings. The molecule has 2 atom stereocenters. The number of nitriles is 1. The smallest absolute Gasteiger partial charge is 0.341 e. The van der Waals surface area contributed by atoms with E-state index >= 15 is 0 Å². The van der Waals surface area contributed by atoms with Crippen LogP contribution in [0.5, 0.6) is 5.88 Å². The number of hydrogen-bond acceptors (Lipinski definition) is 6. The van der Waals surface area contributed by atoms with Gasteiger partial charge in [-0.1, -0.05) is 12.1 Å². The van der Waals surface area contributed by atoms with Crippen LogP contribution in [0.3, 0.4) is 0 Å². The Morgan fingerprint density at radius 1 is 1.23 bits per heavy atom. The predicted octanol–water partition coefficient (Wildman–Crippen LogP) is 4.40. The van der Waals surface area contributed by atoms with Crippen LogP contribution < -0.4 is 10.1 Å². The van der Waals surface area contributed by atoms with E-state index in [1.54, 1.807) is 25.4 Å². The SMILES string of the molecule is COc1ccc(C2NC(=O)N=C(C)C2c2nc(-c3ccc(C#N)cc3C)cs2)cn1. The molecule has 0 saturated heterocycles. The molecule has 2 aromatic heterocycles. The van der Waals surface area contributed by atoms with Crippen molar-refractivity contribution >= 4 is 23.1 Å². The number of nitrogens with zero attached hydrogens (tertiary/aromatic N) is 4. The first-order valence-electron chi connectivity index (χ1n) is 9.32. The number of urea groups is 1. The van der Waals surface area contributed by atoms with Crippen molar-refractivity contribution in [2.24, 2.45) is 4.99 Å². The molecule has 1 N–H and O–H groups in total. The van der Waals surface area contributed by atoms with E-state index in [0.717, 1.165) is 27.4 Å². The fourth-order valence-corrected chi connectivity index (χ4v) is 4.60. The Bertz CT molecular complexity index is 1180. The average Bonchev–Trinajstić information content (AvgIpc) is 3.22. The number of aromatic nitrogens is 2. The quantitative estimate of drug-likeness (QED) is 0.678. The molecule has 0 spiro atoms. The zero-order valence-electron chi connectivity index (χ0n) is 16.7. The summed E-state index contributed by atoms with van der Waals surface area (Å²) in [4.78, 5) is 25.4. The third-order valence-electron chi connectivity index (χ3n) is 5.09. The molecule has 0 aliphatic carbocycles. The topological polar surface area (TPSA) is 100 Å². The average molecular weight is 417 g/mol. The van der Waals surface area contributed by atoms with Gasteiger partial charge in [-0.05, 0) is 37.1 Å². The van der Waals surface area contributed by atoms with Gasteiger partial charge in [0.1, 0.15) is 5.01 Å². The van der Waals surface area contributed by atoms with Gasteiger partial charge in [0.2, 0.25) is 5.88 Å². The minimum atomic E-state index is -0.371. The molecule has 150 valence electrons. The molecule has 1 aliphatic rings. The van der Waals surface area contributed by atoms with Gasteiger partial charge in [-0.25, -0.2) is 19.8 Å². The summed E-state index contributed by atoms with van der Waals surface area (Å²) in [5.74, 6) is 0.311. The van der Waals surface area contributed by atoms with Crippen molar-refractivity contribution in [3.63, 3.8) is 0 Å². The minimum Gasteiger partial charge on any atom is -0.481 e. The number of aryl methyl sites for hydroxylation is 1. The first kappa shape index (κ1) is 19.7. The molecule has 2 unspecified atom stereocenters. The fraction of sp³-hybridized carbons (Fsp3) is 0.227. The number of aliphatic imine (C=N–C) groups is 1. The van der Waals surface area contributed by atoms with E-state index in [1.165, 1.54) is 11.3 Å². The van der Waals surface area contributed by atoms with Crippen LogP contribution in [-0.2, 0) is 0 Å². The maximum absolute atomic E-state index is 12.1. The molecule has 4 rings (SSSR count). The summed E-state index contributed by atoms with van der Waals surface area (Å²) >= 11 is 1.53. The molecule has 0 bridgehead atoms. The normalized spacial score (nSPS) is 18.3. The standard InChI is InChI=1S/C22H19N5O2S/c1-12-8-14(9-23)4-6-16(12)17-11-30-21(26-17)19-13(2)25-22(28)27-20(19)15-5-7-18(29-3)24-10-15/h4-8,10-11,19-20H,1-3H3,(H,27,28). The Morgan fingerprint density at radius 3 is 2.73 bits per heavy atom. The van der Waals surface area contributed by atoms with E-state index < -0.39 is 0 Å². The molecule has 2 amide bonds. The molecule has 7 nitrogen and oxygen atoms in total. The lowest BCUT2D eigenvalue weighted by Gasteiger charge is -2.29. The molecule has 3 heterocycles. The van der Waals surface area contributed by atoms with Crippen molar-refractivity contribution in [3.05, 3.63) is 63.6 Å². The van der Waals surface area contributed by atoms with Crippen LogP contribution in [0.4, 0.5) is 4.79 Å². The van der Waals surface area contributed by atoms with Crippen molar-refractivity contribution in [1.29, 1.82) is 5.26 Å².